The molecular weight excluding hydrogens is 362 g/mol. The van der Waals surface area contributed by atoms with Gasteiger partial charge in [0, 0.05) is 52.0 Å². The van der Waals surface area contributed by atoms with Gasteiger partial charge in [-0.1, -0.05) is 6.07 Å². The van der Waals surface area contributed by atoms with E-state index >= 15 is 0 Å². The Morgan fingerprint density at radius 1 is 0.931 bits per heavy atom. The van der Waals surface area contributed by atoms with Gasteiger partial charge in [-0.3, -0.25) is 14.2 Å². The quantitative estimate of drug-likeness (QED) is 0.752. The normalized spacial score (nSPS) is 27.0. The number of ether oxygens (including phenoxy) is 1. The van der Waals surface area contributed by atoms with E-state index in [2.05, 4.69) is 43.5 Å². The third kappa shape index (κ3) is 3.90. The van der Waals surface area contributed by atoms with Gasteiger partial charge < -0.3 is 9.64 Å². The first-order valence-electron chi connectivity index (χ1n) is 11.6. The summed E-state index contributed by atoms with van der Waals surface area (Å²) in [4.78, 5) is 13.0. The molecule has 0 aromatic carbocycles. The summed E-state index contributed by atoms with van der Waals surface area (Å²) in [5.41, 5.74) is 2.33. The van der Waals surface area contributed by atoms with Crippen LogP contribution in [0.4, 0.5) is 5.82 Å². The molecule has 6 rings (SSSR count). The molecule has 1 atom stereocenters. The third-order valence-electron chi connectivity index (χ3n) is 7.14. The lowest BCUT2D eigenvalue weighted by molar-refractivity contribution is 0.0656. The molecule has 4 aliphatic rings. The van der Waals surface area contributed by atoms with E-state index in [0.717, 1.165) is 50.3 Å². The van der Waals surface area contributed by atoms with Gasteiger partial charge in [-0.25, -0.2) is 4.98 Å². The first kappa shape index (κ1) is 18.2. The highest BCUT2D eigenvalue weighted by molar-refractivity contribution is 5.53. The van der Waals surface area contributed by atoms with E-state index in [0.29, 0.717) is 6.04 Å². The zero-order chi connectivity index (χ0) is 19.2. The Bertz CT molecular complexity index is 852. The number of fused-ring (bicyclic) bond motifs is 1. The van der Waals surface area contributed by atoms with Crippen LogP contribution in [-0.4, -0.2) is 78.2 Å². The minimum atomic E-state index is 0.431. The van der Waals surface area contributed by atoms with Crippen LogP contribution in [0.25, 0.3) is 5.65 Å². The van der Waals surface area contributed by atoms with Crippen molar-refractivity contribution < 1.29 is 4.74 Å². The average molecular weight is 396 g/mol. The van der Waals surface area contributed by atoms with E-state index in [-0.39, 0.29) is 0 Å². The van der Waals surface area contributed by atoms with Gasteiger partial charge in [0.25, 0.3) is 0 Å². The number of anilines is 1. The molecule has 4 heterocycles. The first-order chi connectivity index (χ1) is 14.3. The molecule has 6 nitrogen and oxygen atoms in total. The maximum Gasteiger partial charge on any atom is 0.138 e. The minimum Gasteiger partial charge on any atom is -0.378 e. The van der Waals surface area contributed by atoms with Crippen molar-refractivity contribution in [3.63, 3.8) is 0 Å². The third-order valence-corrected chi connectivity index (χ3v) is 7.14. The summed E-state index contributed by atoms with van der Waals surface area (Å²) in [5, 5.41) is 0. The first-order valence-corrected chi connectivity index (χ1v) is 11.6. The number of hydrogen-bond donors (Lipinski definition) is 0. The second-order valence-electron chi connectivity index (χ2n) is 9.53. The molecule has 2 saturated carbocycles. The monoisotopic (exact) mass is 395 g/mol. The van der Waals surface area contributed by atoms with Crippen LogP contribution in [0.3, 0.4) is 0 Å². The van der Waals surface area contributed by atoms with Crippen molar-refractivity contribution in [2.24, 2.45) is 11.8 Å². The van der Waals surface area contributed by atoms with E-state index in [1.54, 1.807) is 0 Å². The molecule has 0 unspecified atom stereocenters. The topological polar surface area (TPSA) is 36.3 Å². The number of morpholine rings is 1. The van der Waals surface area contributed by atoms with Crippen LogP contribution in [0.5, 0.6) is 0 Å². The summed E-state index contributed by atoms with van der Waals surface area (Å²) in [5.74, 6) is 3.14. The Kier molecular flexibility index (Phi) is 4.74. The lowest BCUT2D eigenvalue weighted by Gasteiger charge is -2.41. The SMILES string of the molecule is c1cc(N2CCOCC2)n2cc([C@H]3CN(CC4CC4)CCN3CC3CC3)nc2c1. The summed E-state index contributed by atoms with van der Waals surface area (Å²) < 4.78 is 7.88. The summed E-state index contributed by atoms with van der Waals surface area (Å²) in [6, 6.07) is 6.97. The molecular formula is C23H33N5O. The summed E-state index contributed by atoms with van der Waals surface area (Å²) in [7, 11) is 0. The van der Waals surface area contributed by atoms with Gasteiger partial charge in [0.2, 0.25) is 0 Å². The number of hydrogen-bond acceptors (Lipinski definition) is 5. The van der Waals surface area contributed by atoms with Crippen molar-refractivity contribution in [3.05, 3.63) is 30.1 Å². The molecule has 156 valence electrons. The Labute approximate surface area is 173 Å². The van der Waals surface area contributed by atoms with Crippen molar-refractivity contribution in [2.45, 2.75) is 31.7 Å². The van der Waals surface area contributed by atoms with Crippen molar-refractivity contribution in [3.8, 4) is 0 Å². The summed E-state index contributed by atoms with van der Waals surface area (Å²) >= 11 is 0. The molecule has 0 N–H and O–H groups in total. The second-order valence-corrected chi connectivity index (χ2v) is 9.53. The van der Waals surface area contributed by atoms with Crippen LogP contribution in [0.2, 0.25) is 0 Å². The number of aromatic nitrogens is 2. The fourth-order valence-electron chi connectivity index (χ4n) is 5.07. The lowest BCUT2D eigenvalue weighted by Crippen LogP contribution is -2.49. The molecule has 29 heavy (non-hydrogen) atoms. The number of pyridine rings is 1. The molecule has 0 radical (unpaired) electrons. The molecule has 6 heteroatoms. The maximum atomic E-state index is 5.56. The van der Waals surface area contributed by atoms with Gasteiger partial charge in [-0.15, -0.1) is 0 Å². The molecule has 0 spiro atoms. The number of rotatable bonds is 6. The van der Waals surface area contributed by atoms with Crippen LogP contribution in [0.15, 0.2) is 24.4 Å². The summed E-state index contributed by atoms with van der Waals surface area (Å²) in [6.45, 7) is 9.65. The van der Waals surface area contributed by atoms with Crippen LogP contribution in [0.1, 0.15) is 37.4 Å². The maximum absolute atomic E-state index is 5.56. The fourth-order valence-corrected chi connectivity index (χ4v) is 5.07. The van der Waals surface area contributed by atoms with E-state index < -0.39 is 0 Å². The van der Waals surface area contributed by atoms with Gasteiger partial charge in [0.05, 0.1) is 24.9 Å². The van der Waals surface area contributed by atoms with Gasteiger partial charge in [-0.2, -0.15) is 0 Å². The lowest BCUT2D eigenvalue weighted by atomic mass is 10.1. The van der Waals surface area contributed by atoms with Gasteiger partial charge in [0.15, 0.2) is 0 Å². The fraction of sp³-hybridized carbons (Fsp3) is 0.696. The Balaban J connectivity index is 1.30. The van der Waals surface area contributed by atoms with Crippen LogP contribution >= 0.6 is 0 Å². The number of piperazine rings is 1. The highest BCUT2D eigenvalue weighted by Crippen LogP contribution is 2.36. The van der Waals surface area contributed by atoms with Crippen molar-refractivity contribution in [2.75, 3.05) is 63.9 Å². The molecule has 4 fully saturated rings. The molecule has 2 aromatic rings. The standard InChI is InChI=1S/C23H33N5O/c1-2-22-24-20(16-28(22)23(3-1)26-10-12-29-13-11-26)21-17-25(14-18-4-5-18)8-9-27(21)15-19-6-7-19/h1-3,16,18-19,21H,4-15,17H2/t21-/m1/s1. The van der Waals surface area contributed by atoms with Crippen molar-refractivity contribution in [1.82, 2.24) is 19.2 Å². The zero-order valence-electron chi connectivity index (χ0n) is 17.4. The van der Waals surface area contributed by atoms with Crippen LogP contribution < -0.4 is 4.90 Å². The van der Waals surface area contributed by atoms with Gasteiger partial charge >= 0.3 is 0 Å². The number of nitrogens with zero attached hydrogens (tertiary/aromatic N) is 5. The molecule has 2 aromatic heterocycles. The molecule has 2 aliphatic heterocycles. The average Bonchev–Trinajstić information content (AvgIpc) is 3.69. The van der Waals surface area contributed by atoms with E-state index in [1.165, 1.54) is 63.4 Å². The Morgan fingerprint density at radius 2 is 1.72 bits per heavy atom. The molecule has 2 aliphatic carbocycles. The Hall–Kier alpha value is -1.63. The minimum absolute atomic E-state index is 0.431. The van der Waals surface area contributed by atoms with E-state index in [1.807, 2.05) is 0 Å². The van der Waals surface area contributed by atoms with Crippen molar-refractivity contribution in [1.29, 1.82) is 0 Å². The van der Waals surface area contributed by atoms with E-state index in [4.69, 9.17) is 9.72 Å². The predicted molar refractivity (Wildman–Crippen MR) is 114 cm³/mol. The smallest absolute Gasteiger partial charge is 0.138 e. The second kappa shape index (κ2) is 7.56. The molecule has 0 amide bonds. The van der Waals surface area contributed by atoms with Gasteiger partial charge in [0.1, 0.15) is 11.5 Å². The predicted octanol–water partition coefficient (Wildman–Crippen LogP) is 2.65. The van der Waals surface area contributed by atoms with Crippen molar-refractivity contribution >= 4 is 11.5 Å². The van der Waals surface area contributed by atoms with Gasteiger partial charge in [-0.05, 0) is 49.7 Å². The highest BCUT2D eigenvalue weighted by Gasteiger charge is 2.36. The molecule has 0 bridgehead atoms. The largest absolute Gasteiger partial charge is 0.378 e. The highest BCUT2D eigenvalue weighted by atomic mass is 16.5. The Morgan fingerprint density at radius 3 is 2.52 bits per heavy atom. The number of imidazole rings is 1. The zero-order valence-corrected chi connectivity index (χ0v) is 17.4. The summed E-state index contributed by atoms with van der Waals surface area (Å²) in [6.07, 6.45) is 8.03. The van der Waals surface area contributed by atoms with Crippen LogP contribution in [-0.2, 0) is 4.74 Å². The van der Waals surface area contributed by atoms with Crippen LogP contribution in [0, 0.1) is 11.8 Å². The molecule has 2 saturated heterocycles. The van der Waals surface area contributed by atoms with E-state index in [9.17, 15) is 0 Å².